The molecule has 164 valence electrons. The fourth-order valence-electron chi connectivity index (χ4n) is 5.24. The molecule has 0 radical (unpaired) electrons. The first-order valence-corrected chi connectivity index (χ1v) is 10.2. The van der Waals surface area contributed by atoms with Gasteiger partial charge in [0.25, 0.3) is 5.91 Å². The Hall–Kier alpha value is -2.88. The molecule has 1 amide bonds. The highest BCUT2D eigenvalue weighted by Crippen LogP contribution is 2.43. The van der Waals surface area contributed by atoms with E-state index < -0.39 is 23.4 Å². The summed E-state index contributed by atoms with van der Waals surface area (Å²) in [5.74, 6) is -0.503. The lowest BCUT2D eigenvalue weighted by atomic mass is 9.85. The molecule has 3 atom stereocenters. The molecule has 31 heavy (non-hydrogen) atoms. The summed E-state index contributed by atoms with van der Waals surface area (Å²) in [6.07, 6.45) is 2.98. The molecule has 0 aromatic carbocycles. The minimum atomic E-state index is -4.57. The van der Waals surface area contributed by atoms with Gasteiger partial charge in [-0.1, -0.05) is 0 Å². The largest absolute Gasteiger partial charge is 0.433 e. The first-order chi connectivity index (χ1) is 14.6. The van der Waals surface area contributed by atoms with Crippen molar-refractivity contribution in [3.63, 3.8) is 0 Å². The molecular weight excluding hydrogens is 411 g/mol. The number of halogens is 3. The van der Waals surface area contributed by atoms with Crippen LogP contribution >= 0.6 is 0 Å². The molecule has 2 aliphatic heterocycles. The molecule has 2 saturated heterocycles. The topological polar surface area (TPSA) is 76.2 Å². The molecule has 3 aromatic heterocycles. The smallest absolute Gasteiger partial charge is 0.388 e. The van der Waals surface area contributed by atoms with Crippen molar-refractivity contribution in [2.24, 2.45) is 7.05 Å². The molecule has 0 saturated carbocycles. The Morgan fingerprint density at radius 2 is 1.97 bits per heavy atom. The van der Waals surface area contributed by atoms with E-state index in [1.54, 1.807) is 17.3 Å². The Bertz CT molecular complexity index is 1140. The van der Waals surface area contributed by atoms with Crippen LogP contribution in [-0.2, 0) is 19.8 Å². The second kappa shape index (κ2) is 6.81. The van der Waals surface area contributed by atoms with E-state index in [4.69, 9.17) is 0 Å². The second-order valence-corrected chi connectivity index (χ2v) is 8.64. The lowest BCUT2D eigenvalue weighted by Gasteiger charge is -2.43. The van der Waals surface area contributed by atoms with Crippen molar-refractivity contribution in [2.75, 3.05) is 0 Å². The van der Waals surface area contributed by atoms with E-state index in [1.165, 1.54) is 7.05 Å². The number of nitrogens with zero attached hydrogens (tertiary/aromatic N) is 5. The molecule has 5 heterocycles. The van der Waals surface area contributed by atoms with E-state index >= 15 is 0 Å². The number of hydrogen-bond donors (Lipinski definition) is 1. The number of alkyl halides is 3. The van der Waals surface area contributed by atoms with Crippen LogP contribution in [-0.4, -0.2) is 52.9 Å². The van der Waals surface area contributed by atoms with E-state index in [9.17, 15) is 23.1 Å². The van der Waals surface area contributed by atoms with Gasteiger partial charge in [0.05, 0.1) is 23.9 Å². The van der Waals surface area contributed by atoms with E-state index in [0.717, 1.165) is 17.0 Å². The van der Waals surface area contributed by atoms with E-state index in [-0.39, 0.29) is 17.8 Å². The molecule has 2 bridgehead atoms. The molecular formula is C21H22F3N5O2. The van der Waals surface area contributed by atoms with Crippen LogP contribution in [0.5, 0.6) is 0 Å². The van der Waals surface area contributed by atoms with Crippen molar-refractivity contribution in [1.82, 2.24) is 24.2 Å². The maximum Gasteiger partial charge on any atom is 0.433 e. The zero-order chi connectivity index (χ0) is 22.0. The van der Waals surface area contributed by atoms with Gasteiger partial charge in [0, 0.05) is 43.0 Å². The second-order valence-electron chi connectivity index (χ2n) is 8.64. The summed E-state index contributed by atoms with van der Waals surface area (Å²) in [7, 11) is 1.18. The number of carbonyl (C=O) groups is 1. The minimum Gasteiger partial charge on any atom is -0.388 e. The first kappa shape index (κ1) is 20.0. The Morgan fingerprint density at radius 1 is 1.26 bits per heavy atom. The molecule has 3 aromatic rings. The molecule has 0 aliphatic carbocycles. The number of fused-ring (bicyclic) bond motifs is 3. The maximum absolute atomic E-state index is 13.1. The monoisotopic (exact) mass is 433 g/mol. The molecule has 1 N–H and O–H groups in total. The zero-order valence-corrected chi connectivity index (χ0v) is 16.9. The van der Waals surface area contributed by atoms with Crippen molar-refractivity contribution in [3.8, 4) is 0 Å². The quantitative estimate of drug-likeness (QED) is 0.689. The Morgan fingerprint density at radius 3 is 2.61 bits per heavy atom. The average molecular weight is 433 g/mol. The molecule has 7 nitrogen and oxygen atoms in total. The summed E-state index contributed by atoms with van der Waals surface area (Å²) in [4.78, 5) is 18.8. The SMILES string of the molecule is Cn1nc(C(=O)N2[C@@H]3CC[C@H]2CC(O)(Cn2ccc4ccncc42)C3)cc1C(F)(F)F. The first-order valence-electron chi connectivity index (χ1n) is 10.2. The third kappa shape index (κ3) is 3.38. The Kier molecular flexibility index (Phi) is 4.40. The third-order valence-electron chi connectivity index (χ3n) is 6.52. The van der Waals surface area contributed by atoms with Crippen molar-refractivity contribution in [2.45, 2.75) is 56.1 Å². The van der Waals surface area contributed by atoms with Crippen molar-refractivity contribution in [3.05, 3.63) is 48.2 Å². The van der Waals surface area contributed by atoms with Gasteiger partial charge in [0.1, 0.15) is 5.69 Å². The van der Waals surface area contributed by atoms with Crippen LogP contribution in [0.1, 0.15) is 41.9 Å². The van der Waals surface area contributed by atoms with Gasteiger partial charge < -0.3 is 14.6 Å². The van der Waals surface area contributed by atoms with Gasteiger partial charge in [-0.25, -0.2) is 0 Å². The van der Waals surface area contributed by atoms with Crippen molar-refractivity contribution >= 4 is 16.8 Å². The fourth-order valence-corrected chi connectivity index (χ4v) is 5.24. The van der Waals surface area contributed by atoms with Gasteiger partial charge in [-0.3, -0.25) is 14.5 Å². The summed E-state index contributed by atoms with van der Waals surface area (Å²) in [5, 5.41) is 16.2. The fraction of sp³-hybridized carbons (Fsp3) is 0.476. The number of piperidine rings is 1. The van der Waals surface area contributed by atoms with E-state index in [1.807, 2.05) is 22.9 Å². The highest BCUT2D eigenvalue weighted by molar-refractivity contribution is 5.93. The summed E-state index contributed by atoms with van der Waals surface area (Å²) < 4.78 is 42.0. The van der Waals surface area contributed by atoms with Crippen molar-refractivity contribution < 1.29 is 23.1 Å². The highest BCUT2D eigenvalue weighted by Gasteiger charge is 2.50. The van der Waals surface area contributed by atoms with Crippen LogP contribution in [0.4, 0.5) is 13.2 Å². The predicted octanol–water partition coefficient (Wildman–Crippen LogP) is 2.99. The van der Waals surface area contributed by atoms with Gasteiger partial charge in [-0.2, -0.15) is 18.3 Å². The summed E-state index contributed by atoms with van der Waals surface area (Å²) in [5.41, 5.74) is -1.24. The van der Waals surface area contributed by atoms with Crippen LogP contribution in [0.15, 0.2) is 36.8 Å². The number of hydrogen-bond acceptors (Lipinski definition) is 4. The molecule has 2 aliphatic rings. The van der Waals surface area contributed by atoms with Crippen LogP contribution in [0.2, 0.25) is 0 Å². The molecule has 0 spiro atoms. The normalized spacial score (nSPS) is 26.0. The number of pyridine rings is 1. The summed E-state index contributed by atoms with van der Waals surface area (Å²) in [6.45, 7) is 0.374. The summed E-state index contributed by atoms with van der Waals surface area (Å²) >= 11 is 0. The van der Waals surface area contributed by atoms with Crippen LogP contribution < -0.4 is 0 Å². The van der Waals surface area contributed by atoms with Gasteiger partial charge in [0.15, 0.2) is 5.69 Å². The highest BCUT2D eigenvalue weighted by atomic mass is 19.4. The van der Waals surface area contributed by atoms with Crippen LogP contribution in [0, 0.1) is 0 Å². The number of carbonyl (C=O) groups excluding carboxylic acids is 1. The van der Waals surface area contributed by atoms with E-state index in [0.29, 0.717) is 36.9 Å². The lowest BCUT2D eigenvalue weighted by Crippen LogP contribution is -2.54. The van der Waals surface area contributed by atoms with Gasteiger partial charge in [0.2, 0.25) is 0 Å². The van der Waals surface area contributed by atoms with Gasteiger partial charge >= 0.3 is 6.18 Å². The lowest BCUT2D eigenvalue weighted by molar-refractivity contribution is -0.143. The molecule has 2 fully saturated rings. The number of aromatic nitrogens is 4. The number of amides is 1. The summed E-state index contributed by atoms with van der Waals surface area (Å²) in [6, 6.07) is 4.22. The number of aliphatic hydroxyl groups is 1. The number of rotatable bonds is 3. The average Bonchev–Trinajstić information content (AvgIpc) is 3.36. The third-order valence-corrected chi connectivity index (χ3v) is 6.52. The number of aryl methyl sites for hydroxylation is 1. The Labute approximate surface area is 176 Å². The Balaban J connectivity index is 1.37. The minimum absolute atomic E-state index is 0.209. The van der Waals surface area contributed by atoms with Gasteiger partial charge in [-0.05, 0) is 37.8 Å². The molecule has 5 rings (SSSR count). The van der Waals surface area contributed by atoms with E-state index in [2.05, 4.69) is 10.1 Å². The van der Waals surface area contributed by atoms with Crippen molar-refractivity contribution in [1.29, 1.82) is 0 Å². The zero-order valence-electron chi connectivity index (χ0n) is 16.9. The van der Waals surface area contributed by atoms with Crippen LogP contribution in [0.3, 0.4) is 0 Å². The van der Waals surface area contributed by atoms with Crippen LogP contribution in [0.25, 0.3) is 10.9 Å². The van der Waals surface area contributed by atoms with Gasteiger partial charge in [-0.15, -0.1) is 0 Å². The molecule has 1 unspecified atom stereocenters. The molecule has 10 heteroatoms. The predicted molar refractivity (Wildman–Crippen MR) is 105 cm³/mol. The maximum atomic E-state index is 13.1. The standard InChI is InChI=1S/C21H22F3N5O2/c1-27-18(21(22,23)24)8-16(26-27)19(30)29-14-2-3-15(29)10-20(31,9-14)12-28-7-5-13-4-6-25-11-17(13)28/h4-8,11,14-15,31H,2-3,9-10,12H2,1H3/t14-,15+,20?.